The Kier molecular flexibility index (Phi) is 9.15. The number of ether oxygens (including phenoxy) is 2. The summed E-state index contributed by atoms with van der Waals surface area (Å²) < 4.78 is 34.7. The van der Waals surface area contributed by atoms with Crippen LogP contribution in [-0.2, 0) is 26.0 Å². The fourth-order valence-electron chi connectivity index (χ4n) is 2.36. The third-order valence-electron chi connectivity index (χ3n) is 3.96. The van der Waals surface area contributed by atoms with Crippen LogP contribution in [0.3, 0.4) is 0 Å². The Morgan fingerprint density at radius 2 is 1.77 bits per heavy atom. The summed E-state index contributed by atoms with van der Waals surface area (Å²) in [6.45, 7) is -0.173. The molecule has 1 unspecified atom stereocenters. The van der Waals surface area contributed by atoms with Gasteiger partial charge < -0.3 is 20.5 Å². The van der Waals surface area contributed by atoms with Crippen molar-refractivity contribution in [1.82, 2.24) is 5.32 Å². The molecule has 2 aromatic carbocycles. The molecule has 2 aromatic rings. The smallest absolute Gasteiger partial charge is 0.407 e. The monoisotopic (exact) mass is 452 g/mol. The third kappa shape index (κ3) is 8.05. The zero-order valence-electron chi connectivity index (χ0n) is 16.4. The van der Waals surface area contributed by atoms with Gasteiger partial charge in [0, 0.05) is 0 Å². The fraction of sp³-hybridized carbons (Fsp3) is 0.300. The maximum absolute atomic E-state index is 12.4. The number of hydrogen-bond donors (Lipinski definition) is 2. The summed E-state index contributed by atoms with van der Waals surface area (Å²) in [7, 11) is -2.03. The van der Waals surface area contributed by atoms with Crippen molar-refractivity contribution in [3.8, 4) is 5.75 Å². The van der Waals surface area contributed by atoms with E-state index in [0.717, 1.165) is 17.3 Å². The van der Waals surface area contributed by atoms with Crippen LogP contribution < -0.4 is 15.8 Å². The van der Waals surface area contributed by atoms with Gasteiger partial charge in [0.25, 0.3) is 0 Å². The molecule has 0 aliphatic heterocycles. The number of rotatable bonds is 10. The van der Waals surface area contributed by atoms with Gasteiger partial charge in [-0.15, -0.1) is 0 Å². The van der Waals surface area contributed by atoms with Gasteiger partial charge in [-0.1, -0.05) is 42.1 Å². The Morgan fingerprint density at radius 3 is 2.40 bits per heavy atom. The minimum atomic E-state index is -3.53. The SMILES string of the molecule is COc1ccc(S(=O)(=O)CCC(N)SC(=O)CNC(=O)OCc2ccccc2)cc1. The predicted molar refractivity (Wildman–Crippen MR) is 115 cm³/mol. The van der Waals surface area contributed by atoms with Crippen LogP contribution in [0.2, 0.25) is 0 Å². The molecule has 162 valence electrons. The molecule has 30 heavy (non-hydrogen) atoms. The number of thioether (sulfide) groups is 1. The molecule has 0 aromatic heterocycles. The van der Waals surface area contributed by atoms with Crippen molar-refractivity contribution in [3.05, 3.63) is 60.2 Å². The summed E-state index contributed by atoms with van der Waals surface area (Å²) in [6, 6.07) is 15.2. The molecule has 0 radical (unpaired) electrons. The number of amides is 1. The van der Waals surface area contributed by atoms with Gasteiger partial charge in [-0.3, -0.25) is 4.79 Å². The Balaban J connectivity index is 1.70. The van der Waals surface area contributed by atoms with E-state index < -0.39 is 21.3 Å². The molecule has 0 aliphatic carbocycles. The highest BCUT2D eigenvalue weighted by molar-refractivity contribution is 8.14. The second-order valence-corrected chi connectivity index (χ2v) is 9.63. The van der Waals surface area contributed by atoms with Crippen LogP contribution in [-0.4, -0.2) is 44.4 Å². The second-order valence-electron chi connectivity index (χ2n) is 6.23. The number of alkyl carbamates (subject to hydrolysis) is 1. The highest BCUT2D eigenvalue weighted by atomic mass is 32.2. The average molecular weight is 453 g/mol. The van der Waals surface area contributed by atoms with Crippen molar-refractivity contribution in [2.75, 3.05) is 19.4 Å². The van der Waals surface area contributed by atoms with Crippen molar-refractivity contribution in [2.24, 2.45) is 5.73 Å². The Bertz CT molecular complexity index is 934. The molecular formula is C20H24N2O6S2. The topological polar surface area (TPSA) is 125 Å². The molecule has 0 aliphatic rings. The van der Waals surface area contributed by atoms with Crippen LogP contribution in [0.1, 0.15) is 12.0 Å². The number of hydrogen-bond acceptors (Lipinski definition) is 8. The molecule has 2 rings (SSSR count). The summed E-state index contributed by atoms with van der Waals surface area (Å²) in [5.41, 5.74) is 6.69. The first-order chi connectivity index (χ1) is 14.3. The van der Waals surface area contributed by atoms with Crippen LogP contribution in [0.4, 0.5) is 4.79 Å². The Morgan fingerprint density at radius 1 is 1.10 bits per heavy atom. The highest BCUT2D eigenvalue weighted by Crippen LogP contribution is 2.19. The van der Waals surface area contributed by atoms with Gasteiger partial charge in [0.15, 0.2) is 9.84 Å². The summed E-state index contributed by atoms with van der Waals surface area (Å²) in [6.07, 6.45) is -0.632. The molecule has 1 atom stereocenters. The Hall–Kier alpha value is -2.56. The lowest BCUT2D eigenvalue weighted by Crippen LogP contribution is -2.31. The summed E-state index contributed by atoms with van der Waals surface area (Å²) in [4.78, 5) is 23.8. The first kappa shape index (κ1) is 23.7. The maximum Gasteiger partial charge on any atom is 0.407 e. The van der Waals surface area contributed by atoms with Crippen LogP contribution in [0.5, 0.6) is 5.75 Å². The fourth-order valence-corrected chi connectivity index (χ4v) is 4.59. The van der Waals surface area contributed by atoms with E-state index in [2.05, 4.69) is 5.32 Å². The maximum atomic E-state index is 12.4. The highest BCUT2D eigenvalue weighted by Gasteiger charge is 2.19. The van der Waals surface area contributed by atoms with E-state index >= 15 is 0 Å². The normalized spacial score (nSPS) is 12.1. The second kappa shape index (κ2) is 11.6. The van der Waals surface area contributed by atoms with Crippen molar-refractivity contribution < 1.29 is 27.5 Å². The van der Waals surface area contributed by atoms with E-state index in [1.807, 2.05) is 30.3 Å². The zero-order valence-corrected chi connectivity index (χ0v) is 18.1. The van der Waals surface area contributed by atoms with Gasteiger partial charge in [-0.25, -0.2) is 13.2 Å². The van der Waals surface area contributed by atoms with Crippen LogP contribution in [0.15, 0.2) is 59.5 Å². The van der Waals surface area contributed by atoms with Gasteiger partial charge in [0.2, 0.25) is 5.12 Å². The van der Waals surface area contributed by atoms with Crippen molar-refractivity contribution in [1.29, 1.82) is 0 Å². The third-order valence-corrected chi connectivity index (χ3v) is 6.67. The predicted octanol–water partition coefficient (Wildman–Crippen LogP) is 2.33. The molecule has 0 bridgehead atoms. The number of benzene rings is 2. The molecule has 8 nitrogen and oxygen atoms in total. The Labute approximate surface area is 180 Å². The molecule has 0 spiro atoms. The minimum Gasteiger partial charge on any atom is -0.497 e. The molecule has 0 saturated carbocycles. The van der Waals surface area contributed by atoms with E-state index in [1.165, 1.54) is 19.2 Å². The first-order valence-electron chi connectivity index (χ1n) is 9.06. The largest absolute Gasteiger partial charge is 0.497 e. The van der Waals surface area contributed by atoms with Gasteiger partial charge in [-0.2, -0.15) is 0 Å². The number of nitrogens with one attached hydrogen (secondary N) is 1. The van der Waals surface area contributed by atoms with Crippen molar-refractivity contribution in [3.63, 3.8) is 0 Å². The number of methoxy groups -OCH3 is 1. The molecular weight excluding hydrogens is 428 g/mol. The van der Waals surface area contributed by atoms with Crippen molar-refractivity contribution >= 4 is 32.8 Å². The summed E-state index contributed by atoms with van der Waals surface area (Å²) in [5.74, 6) is 0.356. The van der Waals surface area contributed by atoms with Gasteiger partial charge in [-0.05, 0) is 36.2 Å². The quantitative estimate of drug-likeness (QED) is 0.526. The lowest BCUT2D eigenvalue weighted by molar-refractivity contribution is -0.110. The van der Waals surface area contributed by atoms with E-state index in [0.29, 0.717) is 5.75 Å². The number of carbonyl (C=O) groups excluding carboxylic acids is 2. The van der Waals surface area contributed by atoms with Crippen LogP contribution >= 0.6 is 11.8 Å². The summed E-state index contributed by atoms with van der Waals surface area (Å²) in [5, 5.41) is 1.25. The van der Waals surface area contributed by atoms with Crippen LogP contribution in [0.25, 0.3) is 0 Å². The molecule has 3 N–H and O–H groups in total. The molecule has 0 fully saturated rings. The van der Waals surface area contributed by atoms with E-state index in [4.69, 9.17) is 15.2 Å². The van der Waals surface area contributed by atoms with E-state index in [9.17, 15) is 18.0 Å². The average Bonchev–Trinajstić information content (AvgIpc) is 2.75. The molecule has 1 amide bonds. The van der Waals surface area contributed by atoms with E-state index in [-0.39, 0.29) is 35.3 Å². The first-order valence-corrected chi connectivity index (χ1v) is 11.6. The zero-order chi connectivity index (χ0) is 22.0. The van der Waals surface area contributed by atoms with Crippen molar-refractivity contribution in [2.45, 2.75) is 23.3 Å². The lowest BCUT2D eigenvalue weighted by Gasteiger charge is -2.12. The van der Waals surface area contributed by atoms with E-state index in [1.54, 1.807) is 12.1 Å². The van der Waals surface area contributed by atoms with Gasteiger partial charge in [0.05, 0.1) is 29.7 Å². The van der Waals surface area contributed by atoms with Crippen LogP contribution in [0, 0.1) is 0 Å². The van der Waals surface area contributed by atoms with Gasteiger partial charge >= 0.3 is 6.09 Å². The summed E-state index contributed by atoms with van der Waals surface area (Å²) >= 11 is 0.782. The molecule has 0 saturated heterocycles. The lowest BCUT2D eigenvalue weighted by atomic mass is 10.2. The van der Waals surface area contributed by atoms with Gasteiger partial charge in [0.1, 0.15) is 12.4 Å². The number of carbonyl (C=O) groups is 2. The minimum absolute atomic E-state index is 0.0865. The number of sulfone groups is 1. The molecule has 0 heterocycles. The number of nitrogens with two attached hydrogens (primary N) is 1. The standard InChI is InChI=1S/C20H24N2O6S2/c1-27-16-7-9-17(10-8-16)30(25,26)12-11-18(21)29-19(23)13-22-20(24)28-14-15-5-3-2-4-6-15/h2-10,18H,11-14,21H2,1H3,(H,22,24). The molecule has 10 heteroatoms.